The molecule has 3 rings (SSSR count). The van der Waals surface area contributed by atoms with Crippen LogP contribution in [0.4, 0.5) is 5.82 Å². The lowest BCUT2D eigenvalue weighted by molar-refractivity contribution is -0.00461. The summed E-state index contributed by atoms with van der Waals surface area (Å²) in [4.78, 5) is 7.14. The van der Waals surface area contributed by atoms with Crippen molar-refractivity contribution in [3.63, 3.8) is 0 Å². The molecule has 2 aromatic rings. The maximum atomic E-state index is 5.52. The first-order chi connectivity index (χ1) is 11.2. The molecular formula is C18H21IN2O2. The molecule has 4 nitrogen and oxygen atoms in total. The van der Waals surface area contributed by atoms with Gasteiger partial charge >= 0.3 is 0 Å². The molecule has 0 spiro atoms. The van der Waals surface area contributed by atoms with E-state index in [1.54, 1.807) is 14.2 Å². The van der Waals surface area contributed by atoms with Gasteiger partial charge in [0.2, 0.25) is 0 Å². The molecule has 0 bridgehead atoms. The van der Waals surface area contributed by atoms with E-state index >= 15 is 0 Å². The third-order valence-corrected chi connectivity index (χ3v) is 5.25. The Kier molecular flexibility index (Phi) is 5.50. The van der Waals surface area contributed by atoms with Crippen LogP contribution in [-0.2, 0) is 15.9 Å². The third kappa shape index (κ3) is 3.84. The fourth-order valence-corrected chi connectivity index (χ4v) is 3.44. The van der Waals surface area contributed by atoms with Gasteiger partial charge in [-0.25, -0.2) is 4.98 Å². The van der Waals surface area contributed by atoms with Crippen molar-refractivity contribution in [2.24, 2.45) is 0 Å². The fraction of sp³-hybridized carbons (Fsp3) is 0.389. The van der Waals surface area contributed by atoms with E-state index < -0.39 is 0 Å². The second-order valence-electron chi connectivity index (χ2n) is 5.71. The molecule has 122 valence electrons. The van der Waals surface area contributed by atoms with Crippen molar-refractivity contribution < 1.29 is 9.47 Å². The number of nitrogens with zero attached hydrogens (tertiary/aromatic N) is 2. The summed E-state index contributed by atoms with van der Waals surface area (Å²) in [5.74, 6) is 0.998. The van der Waals surface area contributed by atoms with Crippen LogP contribution < -0.4 is 4.90 Å². The lowest BCUT2D eigenvalue weighted by Crippen LogP contribution is -2.27. The van der Waals surface area contributed by atoms with Gasteiger partial charge in [-0.05, 0) is 40.3 Å². The first kappa shape index (κ1) is 16.7. The lowest BCUT2D eigenvalue weighted by Gasteiger charge is -2.18. The highest BCUT2D eigenvalue weighted by molar-refractivity contribution is 14.1. The van der Waals surface area contributed by atoms with Gasteiger partial charge in [0, 0.05) is 37.3 Å². The maximum Gasteiger partial charge on any atom is 0.129 e. The Morgan fingerprint density at radius 3 is 2.30 bits per heavy atom. The quantitative estimate of drug-likeness (QED) is 0.691. The summed E-state index contributed by atoms with van der Waals surface area (Å²) >= 11 is 2.36. The Bertz CT molecular complexity index is 639. The minimum Gasteiger partial charge on any atom is -0.377 e. The molecule has 1 aliphatic heterocycles. The van der Waals surface area contributed by atoms with Gasteiger partial charge in [-0.2, -0.15) is 0 Å². The van der Waals surface area contributed by atoms with Crippen LogP contribution in [0.25, 0.3) is 0 Å². The van der Waals surface area contributed by atoms with Gasteiger partial charge < -0.3 is 14.4 Å². The Morgan fingerprint density at radius 2 is 1.70 bits per heavy atom. The van der Waals surface area contributed by atoms with Gasteiger partial charge in [0.25, 0.3) is 0 Å². The average Bonchev–Trinajstić information content (AvgIpc) is 3.01. The van der Waals surface area contributed by atoms with Crippen LogP contribution in [0.15, 0.2) is 42.5 Å². The summed E-state index contributed by atoms with van der Waals surface area (Å²) in [6.07, 6.45) is 1.04. The molecule has 2 heterocycles. The number of aromatic nitrogens is 1. The van der Waals surface area contributed by atoms with Crippen molar-refractivity contribution >= 4 is 28.4 Å². The summed E-state index contributed by atoms with van der Waals surface area (Å²) in [6, 6.07) is 14.7. The highest BCUT2D eigenvalue weighted by Crippen LogP contribution is 2.24. The summed E-state index contributed by atoms with van der Waals surface area (Å²) in [5.41, 5.74) is 2.39. The van der Waals surface area contributed by atoms with Crippen LogP contribution in [0, 0.1) is 3.57 Å². The van der Waals surface area contributed by atoms with Crippen LogP contribution in [0.5, 0.6) is 0 Å². The van der Waals surface area contributed by atoms with Crippen LogP contribution in [0.1, 0.15) is 11.3 Å². The second kappa shape index (κ2) is 7.59. The van der Waals surface area contributed by atoms with Crippen LogP contribution in [-0.4, -0.2) is 44.5 Å². The number of methoxy groups -OCH3 is 2. The second-order valence-corrected chi connectivity index (χ2v) is 6.88. The van der Waals surface area contributed by atoms with Crippen LogP contribution in [0.2, 0.25) is 0 Å². The largest absolute Gasteiger partial charge is 0.377 e. The number of hydrogen-bond acceptors (Lipinski definition) is 4. The van der Waals surface area contributed by atoms with E-state index in [1.165, 1.54) is 9.13 Å². The zero-order valence-electron chi connectivity index (χ0n) is 13.4. The van der Waals surface area contributed by atoms with E-state index in [1.807, 2.05) is 6.07 Å². The number of halogens is 1. The van der Waals surface area contributed by atoms with Crippen molar-refractivity contribution in [1.29, 1.82) is 0 Å². The summed E-state index contributed by atoms with van der Waals surface area (Å²) in [6.45, 7) is 1.63. The third-order valence-electron chi connectivity index (χ3n) is 4.26. The summed E-state index contributed by atoms with van der Waals surface area (Å²) < 4.78 is 12.2. The molecule has 0 saturated carbocycles. The Balaban J connectivity index is 1.80. The predicted octanol–water partition coefficient (Wildman–Crippen LogP) is 3.13. The van der Waals surface area contributed by atoms with Crippen molar-refractivity contribution in [3.05, 3.63) is 57.3 Å². The van der Waals surface area contributed by atoms with Crippen LogP contribution in [0.3, 0.4) is 0 Å². The number of pyridine rings is 1. The normalized spacial score (nSPS) is 20.9. The molecule has 5 heteroatoms. The van der Waals surface area contributed by atoms with Gasteiger partial charge in [-0.3, -0.25) is 0 Å². The van der Waals surface area contributed by atoms with Gasteiger partial charge in [-0.15, -0.1) is 0 Å². The van der Waals surface area contributed by atoms with E-state index in [4.69, 9.17) is 14.5 Å². The topological polar surface area (TPSA) is 34.6 Å². The molecule has 1 aromatic heterocycles. The fourth-order valence-electron chi connectivity index (χ4n) is 2.95. The van der Waals surface area contributed by atoms with E-state index in [-0.39, 0.29) is 12.2 Å². The zero-order valence-corrected chi connectivity index (χ0v) is 15.6. The molecule has 0 N–H and O–H groups in total. The zero-order chi connectivity index (χ0) is 16.2. The van der Waals surface area contributed by atoms with Gasteiger partial charge in [-0.1, -0.05) is 30.3 Å². The molecule has 1 fully saturated rings. The highest BCUT2D eigenvalue weighted by Gasteiger charge is 2.33. The molecule has 0 unspecified atom stereocenters. The monoisotopic (exact) mass is 424 g/mol. The Morgan fingerprint density at radius 1 is 1.04 bits per heavy atom. The lowest BCUT2D eigenvalue weighted by atomic mass is 10.1. The summed E-state index contributed by atoms with van der Waals surface area (Å²) in [7, 11) is 3.48. The molecular weight excluding hydrogens is 403 g/mol. The van der Waals surface area contributed by atoms with Gasteiger partial charge in [0.15, 0.2) is 0 Å². The average molecular weight is 424 g/mol. The first-order valence-corrected chi connectivity index (χ1v) is 8.79. The molecule has 2 atom stereocenters. The standard InChI is InChI=1S/C18H21IN2O2/c1-22-16-11-21(12-17(16)23-2)18-9-8-14(19)15(20-18)10-13-6-4-3-5-7-13/h3-9,16-17H,10-12H2,1-2H3/t16-,17-/m1/s1. The van der Waals surface area contributed by atoms with Crippen molar-refractivity contribution in [2.45, 2.75) is 18.6 Å². The minimum absolute atomic E-state index is 0.0960. The molecule has 1 aromatic carbocycles. The highest BCUT2D eigenvalue weighted by atomic mass is 127. The number of hydrogen-bond donors (Lipinski definition) is 0. The Hall–Kier alpha value is -1.18. The maximum absolute atomic E-state index is 5.52. The molecule has 0 aliphatic carbocycles. The van der Waals surface area contributed by atoms with E-state index in [9.17, 15) is 0 Å². The molecule has 23 heavy (non-hydrogen) atoms. The van der Waals surface area contributed by atoms with Crippen molar-refractivity contribution in [1.82, 2.24) is 4.98 Å². The minimum atomic E-state index is 0.0960. The Labute approximate surface area is 151 Å². The van der Waals surface area contributed by atoms with Crippen molar-refractivity contribution in [2.75, 3.05) is 32.2 Å². The number of ether oxygens (including phenoxy) is 2. The van der Waals surface area contributed by atoms with Crippen molar-refractivity contribution in [3.8, 4) is 0 Å². The predicted molar refractivity (Wildman–Crippen MR) is 100 cm³/mol. The molecule has 0 amide bonds. The molecule has 1 aliphatic rings. The molecule has 0 radical (unpaired) electrons. The SMILES string of the molecule is CO[C@@H]1CN(c2ccc(I)c(Cc3ccccc3)n2)C[C@H]1OC. The summed E-state index contributed by atoms with van der Waals surface area (Å²) in [5, 5.41) is 0. The van der Waals surface area contributed by atoms with E-state index in [0.29, 0.717) is 0 Å². The smallest absolute Gasteiger partial charge is 0.129 e. The first-order valence-electron chi connectivity index (χ1n) is 7.71. The van der Waals surface area contributed by atoms with Crippen LogP contribution >= 0.6 is 22.6 Å². The number of benzene rings is 1. The van der Waals surface area contributed by atoms with E-state index in [0.717, 1.165) is 31.0 Å². The number of anilines is 1. The molecule has 1 saturated heterocycles. The van der Waals surface area contributed by atoms with E-state index in [2.05, 4.69) is 63.9 Å². The van der Waals surface area contributed by atoms with Gasteiger partial charge in [0.05, 0.1) is 5.69 Å². The van der Waals surface area contributed by atoms with Gasteiger partial charge in [0.1, 0.15) is 18.0 Å². The number of rotatable bonds is 5.